The summed E-state index contributed by atoms with van der Waals surface area (Å²) >= 11 is 0. The fourth-order valence-corrected chi connectivity index (χ4v) is 0.407. The largest absolute Gasteiger partial charge is 0.302 e. The third kappa shape index (κ3) is 7.66. The summed E-state index contributed by atoms with van der Waals surface area (Å²) in [5.74, 6) is 0. The molecular weight excluding hydrogens is 114 g/mol. The van der Waals surface area contributed by atoms with E-state index in [1.165, 1.54) is 5.57 Å². The maximum absolute atomic E-state index is 4.89. The normalized spacial score (nSPS) is 9.22. The van der Waals surface area contributed by atoms with E-state index in [2.05, 4.69) is 25.4 Å². The Morgan fingerprint density at radius 3 is 2.67 bits per heavy atom. The minimum atomic E-state index is 0.719. The molecule has 0 fully saturated rings. The van der Waals surface area contributed by atoms with Gasteiger partial charge in [-0.15, -0.1) is 0 Å². The van der Waals surface area contributed by atoms with Crippen LogP contribution in [0, 0.1) is 0 Å². The number of rotatable bonds is 4. The fourth-order valence-electron chi connectivity index (χ4n) is 0.407. The van der Waals surface area contributed by atoms with E-state index in [0.29, 0.717) is 0 Å². The zero-order valence-corrected chi connectivity index (χ0v) is 6.40. The molecule has 0 saturated carbocycles. The van der Waals surface area contributed by atoms with Crippen LogP contribution < -0.4 is 5.48 Å². The van der Waals surface area contributed by atoms with E-state index in [9.17, 15) is 0 Å². The standard InChI is InChI=1S/C7H15NO/c1-4-9-8-6-5-7(2)3/h5,8H,4,6H2,1-3H3. The van der Waals surface area contributed by atoms with Crippen LogP contribution in [0.3, 0.4) is 0 Å². The van der Waals surface area contributed by atoms with Gasteiger partial charge in [0.15, 0.2) is 0 Å². The predicted octanol–water partition coefficient (Wildman–Crippen LogP) is 1.49. The highest BCUT2D eigenvalue weighted by Crippen LogP contribution is 1.84. The van der Waals surface area contributed by atoms with E-state index in [1.54, 1.807) is 0 Å². The Labute approximate surface area is 56.9 Å². The van der Waals surface area contributed by atoms with Crippen LogP contribution >= 0.6 is 0 Å². The molecule has 0 aromatic carbocycles. The van der Waals surface area contributed by atoms with Crippen LogP contribution in [-0.2, 0) is 4.84 Å². The third-order valence-corrected chi connectivity index (χ3v) is 0.840. The molecule has 0 unspecified atom stereocenters. The monoisotopic (exact) mass is 129 g/mol. The average Bonchev–Trinajstić information content (AvgIpc) is 1.80. The Balaban J connectivity index is 3.00. The van der Waals surface area contributed by atoms with Gasteiger partial charge in [-0.05, 0) is 20.8 Å². The van der Waals surface area contributed by atoms with Gasteiger partial charge in [-0.25, -0.2) is 0 Å². The molecule has 0 heterocycles. The molecule has 1 N–H and O–H groups in total. The number of hydroxylamine groups is 1. The van der Waals surface area contributed by atoms with Crippen molar-refractivity contribution in [2.45, 2.75) is 20.8 Å². The zero-order chi connectivity index (χ0) is 7.11. The summed E-state index contributed by atoms with van der Waals surface area (Å²) in [5.41, 5.74) is 4.10. The highest BCUT2D eigenvalue weighted by atomic mass is 16.6. The van der Waals surface area contributed by atoms with Crippen LogP contribution in [0.4, 0.5) is 0 Å². The van der Waals surface area contributed by atoms with Crippen molar-refractivity contribution in [3.8, 4) is 0 Å². The van der Waals surface area contributed by atoms with E-state index < -0.39 is 0 Å². The molecule has 2 heteroatoms. The molecule has 0 aliphatic heterocycles. The first-order chi connectivity index (χ1) is 4.27. The van der Waals surface area contributed by atoms with Gasteiger partial charge in [-0.3, -0.25) is 0 Å². The molecule has 0 spiro atoms. The first-order valence-electron chi connectivity index (χ1n) is 3.25. The van der Waals surface area contributed by atoms with Crippen LogP contribution in [0.5, 0.6) is 0 Å². The van der Waals surface area contributed by atoms with Crippen molar-refractivity contribution in [3.63, 3.8) is 0 Å². The lowest BCUT2D eigenvalue weighted by atomic mass is 10.3. The van der Waals surface area contributed by atoms with Gasteiger partial charge in [0.2, 0.25) is 0 Å². The average molecular weight is 129 g/mol. The van der Waals surface area contributed by atoms with Crippen molar-refractivity contribution < 1.29 is 4.84 Å². The van der Waals surface area contributed by atoms with Crippen LogP contribution in [-0.4, -0.2) is 13.2 Å². The maximum atomic E-state index is 4.89. The summed E-state index contributed by atoms with van der Waals surface area (Å²) in [5, 5.41) is 0. The summed E-state index contributed by atoms with van der Waals surface area (Å²) in [7, 11) is 0. The Kier molecular flexibility index (Phi) is 5.57. The number of hydrogen-bond acceptors (Lipinski definition) is 2. The van der Waals surface area contributed by atoms with E-state index in [4.69, 9.17) is 4.84 Å². The molecule has 0 radical (unpaired) electrons. The van der Waals surface area contributed by atoms with E-state index in [1.807, 2.05) is 6.92 Å². The second-order valence-corrected chi connectivity index (χ2v) is 2.06. The second kappa shape index (κ2) is 5.79. The van der Waals surface area contributed by atoms with Crippen LogP contribution in [0.2, 0.25) is 0 Å². The molecule has 54 valence electrons. The summed E-state index contributed by atoms with van der Waals surface area (Å²) in [6.45, 7) is 7.60. The highest BCUT2D eigenvalue weighted by Gasteiger charge is 1.78. The highest BCUT2D eigenvalue weighted by molar-refractivity contribution is 4.93. The molecule has 0 rings (SSSR count). The number of allylic oxidation sites excluding steroid dienone is 1. The lowest BCUT2D eigenvalue weighted by Crippen LogP contribution is -2.13. The summed E-state index contributed by atoms with van der Waals surface area (Å²) in [6.07, 6.45) is 2.08. The first-order valence-corrected chi connectivity index (χ1v) is 3.25. The van der Waals surface area contributed by atoms with E-state index in [-0.39, 0.29) is 0 Å². The van der Waals surface area contributed by atoms with Gasteiger partial charge < -0.3 is 4.84 Å². The summed E-state index contributed by atoms with van der Waals surface area (Å²) < 4.78 is 0. The first kappa shape index (κ1) is 8.66. The topological polar surface area (TPSA) is 21.3 Å². The molecule has 0 aromatic rings. The van der Waals surface area contributed by atoms with Crippen LogP contribution in [0.1, 0.15) is 20.8 Å². The van der Waals surface area contributed by atoms with Crippen LogP contribution in [0.25, 0.3) is 0 Å². The van der Waals surface area contributed by atoms with Crippen molar-refractivity contribution in [1.29, 1.82) is 0 Å². The lowest BCUT2D eigenvalue weighted by molar-refractivity contribution is 0.0587. The lowest BCUT2D eigenvalue weighted by Gasteiger charge is -1.97. The van der Waals surface area contributed by atoms with E-state index in [0.717, 1.165) is 13.2 Å². The van der Waals surface area contributed by atoms with Crippen LogP contribution in [0.15, 0.2) is 11.6 Å². The van der Waals surface area contributed by atoms with Gasteiger partial charge in [-0.2, -0.15) is 5.48 Å². The van der Waals surface area contributed by atoms with Gasteiger partial charge >= 0.3 is 0 Å². The second-order valence-electron chi connectivity index (χ2n) is 2.06. The molecule has 0 aliphatic rings. The molecule has 0 atom stereocenters. The minimum absolute atomic E-state index is 0.719. The minimum Gasteiger partial charge on any atom is -0.302 e. The maximum Gasteiger partial charge on any atom is 0.0654 e. The van der Waals surface area contributed by atoms with Gasteiger partial charge in [0.05, 0.1) is 6.61 Å². The SMILES string of the molecule is CCONCC=C(C)C. The molecule has 0 saturated heterocycles. The Morgan fingerprint density at radius 2 is 2.22 bits per heavy atom. The van der Waals surface area contributed by atoms with Gasteiger partial charge in [-0.1, -0.05) is 11.6 Å². The van der Waals surface area contributed by atoms with Crippen molar-refractivity contribution in [1.82, 2.24) is 5.48 Å². The molecular formula is C7H15NO. The summed E-state index contributed by atoms with van der Waals surface area (Å²) in [4.78, 5) is 4.89. The van der Waals surface area contributed by atoms with Crippen molar-refractivity contribution in [3.05, 3.63) is 11.6 Å². The third-order valence-electron chi connectivity index (χ3n) is 0.840. The molecule has 9 heavy (non-hydrogen) atoms. The molecule has 0 amide bonds. The molecule has 0 bridgehead atoms. The van der Waals surface area contributed by atoms with E-state index >= 15 is 0 Å². The van der Waals surface area contributed by atoms with Crippen molar-refractivity contribution in [2.75, 3.05) is 13.2 Å². The number of nitrogens with one attached hydrogen (secondary N) is 1. The predicted molar refractivity (Wildman–Crippen MR) is 39.1 cm³/mol. The molecule has 2 nitrogen and oxygen atoms in total. The van der Waals surface area contributed by atoms with Crippen molar-refractivity contribution in [2.24, 2.45) is 0 Å². The molecule has 0 aromatic heterocycles. The van der Waals surface area contributed by atoms with Gasteiger partial charge in [0, 0.05) is 6.54 Å². The summed E-state index contributed by atoms with van der Waals surface area (Å²) in [6, 6.07) is 0. The fraction of sp³-hybridized carbons (Fsp3) is 0.714. The van der Waals surface area contributed by atoms with Crippen molar-refractivity contribution >= 4 is 0 Å². The Hall–Kier alpha value is -0.340. The molecule has 0 aliphatic carbocycles. The smallest absolute Gasteiger partial charge is 0.0654 e. The Morgan fingerprint density at radius 1 is 1.56 bits per heavy atom. The quantitative estimate of drug-likeness (QED) is 0.353. The van der Waals surface area contributed by atoms with Gasteiger partial charge in [0.1, 0.15) is 0 Å². The Bertz CT molecular complexity index is 84.9. The zero-order valence-electron chi connectivity index (χ0n) is 6.40. The van der Waals surface area contributed by atoms with Gasteiger partial charge in [0.25, 0.3) is 0 Å². The number of hydrogen-bond donors (Lipinski definition) is 1.